The largest absolute Gasteiger partial charge is 0.466 e. The van der Waals surface area contributed by atoms with Crippen LogP contribution in [0.4, 0.5) is 0 Å². The fraction of sp³-hybridized carbons (Fsp3) is 0.722. The minimum atomic E-state index is -0.154. The Bertz CT molecular complexity index is 632. The summed E-state index contributed by atoms with van der Waals surface area (Å²) in [6, 6.07) is 0. The average Bonchev–Trinajstić information content (AvgIpc) is 3.25. The molecule has 0 amide bonds. The number of rotatable bonds is 1. The summed E-state index contributed by atoms with van der Waals surface area (Å²) < 4.78 is 11.9. The zero-order chi connectivity index (χ0) is 15.7. The molecule has 5 aliphatic rings. The van der Waals surface area contributed by atoms with Crippen LogP contribution in [0.1, 0.15) is 38.5 Å². The Hall–Kier alpha value is -0.390. The van der Waals surface area contributed by atoms with Crippen molar-refractivity contribution in [2.45, 2.75) is 54.3 Å². The number of allylic oxidation sites excluding steroid dienone is 1. The van der Waals surface area contributed by atoms with Crippen molar-refractivity contribution >= 4 is 29.5 Å². The van der Waals surface area contributed by atoms with Crippen LogP contribution >= 0.6 is 23.5 Å². The van der Waals surface area contributed by atoms with Crippen molar-refractivity contribution < 1.29 is 14.3 Å². The molecule has 2 aliphatic carbocycles. The summed E-state index contributed by atoms with van der Waals surface area (Å²) in [4.78, 5) is 12.1. The Morgan fingerprint density at radius 1 is 1.39 bits per heavy atom. The Labute approximate surface area is 145 Å². The van der Waals surface area contributed by atoms with E-state index >= 15 is 0 Å². The van der Waals surface area contributed by atoms with Gasteiger partial charge in [0.05, 0.1) is 18.8 Å². The number of carbonyl (C=O) groups is 1. The van der Waals surface area contributed by atoms with Crippen LogP contribution in [0, 0.1) is 5.92 Å². The zero-order valence-corrected chi connectivity index (χ0v) is 15.1. The summed E-state index contributed by atoms with van der Waals surface area (Å²) in [7, 11) is 1.49. The Kier molecular flexibility index (Phi) is 3.28. The van der Waals surface area contributed by atoms with Gasteiger partial charge < -0.3 is 9.47 Å². The van der Waals surface area contributed by atoms with E-state index < -0.39 is 0 Å². The smallest absolute Gasteiger partial charge is 0.333 e. The normalized spacial score (nSPS) is 40.1. The molecule has 0 aromatic heterocycles. The Morgan fingerprint density at radius 2 is 2.22 bits per heavy atom. The van der Waals surface area contributed by atoms with Gasteiger partial charge >= 0.3 is 5.97 Å². The highest BCUT2D eigenvalue weighted by Gasteiger charge is 2.69. The minimum absolute atomic E-state index is 0.0287. The van der Waals surface area contributed by atoms with Crippen LogP contribution in [0.2, 0.25) is 0 Å². The summed E-state index contributed by atoms with van der Waals surface area (Å²) in [5.74, 6) is 2.94. The molecule has 0 N–H and O–H groups in total. The second-order valence-electron chi connectivity index (χ2n) is 7.24. The van der Waals surface area contributed by atoms with E-state index in [-0.39, 0.29) is 15.6 Å². The van der Waals surface area contributed by atoms with Gasteiger partial charge in [0.2, 0.25) is 0 Å². The van der Waals surface area contributed by atoms with Crippen LogP contribution in [0.25, 0.3) is 0 Å². The average molecular weight is 351 g/mol. The highest BCUT2D eigenvalue weighted by molar-refractivity contribution is 8.21. The van der Waals surface area contributed by atoms with Crippen LogP contribution in [-0.4, -0.2) is 40.4 Å². The highest BCUT2D eigenvalue weighted by Crippen LogP contribution is 2.71. The lowest BCUT2D eigenvalue weighted by molar-refractivity contribution is -0.136. The van der Waals surface area contributed by atoms with Crippen LogP contribution < -0.4 is 0 Å². The Morgan fingerprint density at radius 3 is 3.00 bits per heavy atom. The van der Waals surface area contributed by atoms with E-state index in [1.54, 1.807) is 0 Å². The maximum Gasteiger partial charge on any atom is 0.333 e. The molecule has 1 saturated carbocycles. The third kappa shape index (κ3) is 1.77. The predicted molar refractivity (Wildman–Crippen MR) is 93.6 cm³/mol. The monoisotopic (exact) mass is 350 g/mol. The SMILES string of the molecule is COC(=O)C1=CCC2=C(C1)C1(SCCS1)[C@]13CCC[C@H]1C[C@H]2O3. The van der Waals surface area contributed by atoms with Gasteiger partial charge in [-0.3, -0.25) is 0 Å². The van der Waals surface area contributed by atoms with Crippen molar-refractivity contribution in [3.63, 3.8) is 0 Å². The van der Waals surface area contributed by atoms with Crippen molar-refractivity contribution in [1.29, 1.82) is 0 Å². The summed E-state index contributed by atoms with van der Waals surface area (Å²) in [5.41, 5.74) is 3.89. The standard InChI is InChI=1S/C18H22O3S2/c1-20-16(19)11-4-5-13-14(9-11)18(22-7-8-23-18)17-6-2-3-12(17)10-15(13)21-17/h4,12,15H,2-3,5-10H2,1H3/t12-,15+,17-/m0/s1. The van der Waals surface area contributed by atoms with Crippen LogP contribution in [-0.2, 0) is 14.3 Å². The third-order valence-electron chi connectivity index (χ3n) is 6.42. The molecule has 0 radical (unpaired) electrons. The first kappa shape index (κ1) is 14.9. The molecule has 3 aliphatic heterocycles. The first-order valence-corrected chi connectivity index (χ1v) is 10.6. The van der Waals surface area contributed by atoms with Gasteiger partial charge in [0.15, 0.2) is 0 Å². The first-order valence-electron chi connectivity index (χ1n) is 8.66. The van der Waals surface area contributed by atoms with E-state index in [0.29, 0.717) is 12.0 Å². The summed E-state index contributed by atoms with van der Waals surface area (Å²) >= 11 is 4.20. The van der Waals surface area contributed by atoms with Gasteiger partial charge in [-0.25, -0.2) is 4.79 Å². The molecule has 5 heteroatoms. The summed E-state index contributed by atoms with van der Waals surface area (Å²) in [5, 5.41) is 0. The van der Waals surface area contributed by atoms with Crippen LogP contribution in [0.3, 0.4) is 0 Å². The van der Waals surface area contributed by atoms with E-state index in [1.165, 1.54) is 55.4 Å². The molecule has 23 heavy (non-hydrogen) atoms. The minimum Gasteiger partial charge on any atom is -0.466 e. The molecular formula is C18H22O3S2. The predicted octanol–water partition coefficient (Wildman–Crippen LogP) is 3.69. The maximum absolute atomic E-state index is 12.1. The van der Waals surface area contributed by atoms with Crippen molar-refractivity contribution in [2.75, 3.05) is 18.6 Å². The second-order valence-corrected chi connectivity index (χ2v) is 10.1. The van der Waals surface area contributed by atoms with E-state index in [2.05, 4.69) is 29.6 Å². The Balaban J connectivity index is 1.62. The number of hydrogen-bond donors (Lipinski definition) is 0. The molecule has 124 valence electrons. The molecule has 3 atom stereocenters. The number of methoxy groups -OCH3 is 1. The van der Waals surface area contributed by atoms with Gasteiger partial charge in [-0.2, -0.15) is 0 Å². The number of carbonyl (C=O) groups excluding carboxylic acids is 1. The number of hydrogen-bond acceptors (Lipinski definition) is 5. The van der Waals surface area contributed by atoms with E-state index in [4.69, 9.17) is 9.47 Å². The van der Waals surface area contributed by atoms with E-state index in [9.17, 15) is 4.79 Å². The maximum atomic E-state index is 12.1. The molecule has 3 fully saturated rings. The van der Waals surface area contributed by atoms with E-state index in [1.807, 2.05) is 0 Å². The van der Waals surface area contributed by atoms with Crippen molar-refractivity contribution in [3.8, 4) is 0 Å². The topological polar surface area (TPSA) is 35.5 Å². The molecular weight excluding hydrogens is 328 g/mol. The lowest BCUT2D eigenvalue weighted by Crippen LogP contribution is -2.54. The summed E-state index contributed by atoms with van der Waals surface area (Å²) in [6.45, 7) is 0. The van der Waals surface area contributed by atoms with Crippen molar-refractivity contribution in [3.05, 3.63) is 22.8 Å². The number of fused-ring (bicyclic) bond motifs is 3. The lowest BCUT2D eigenvalue weighted by Gasteiger charge is -2.51. The van der Waals surface area contributed by atoms with Crippen molar-refractivity contribution in [2.24, 2.45) is 5.92 Å². The molecule has 0 aromatic carbocycles. The molecule has 0 unspecified atom stereocenters. The van der Waals surface area contributed by atoms with Crippen molar-refractivity contribution in [1.82, 2.24) is 0 Å². The van der Waals surface area contributed by atoms with Gasteiger partial charge in [0.1, 0.15) is 4.08 Å². The van der Waals surface area contributed by atoms with Gasteiger partial charge in [0, 0.05) is 23.5 Å². The first-order chi connectivity index (χ1) is 11.2. The lowest BCUT2D eigenvalue weighted by atomic mass is 9.79. The molecule has 2 bridgehead atoms. The van der Waals surface area contributed by atoms with Crippen LogP contribution in [0.5, 0.6) is 0 Å². The highest BCUT2D eigenvalue weighted by atomic mass is 32.2. The molecule has 3 heterocycles. The van der Waals surface area contributed by atoms with Gasteiger partial charge in [0.25, 0.3) is 0 Å². The number of thioether (sulfide) groups is 2. The molecule has 5 rings (SSSR count). The zero-order valence-electron chi connectivity index (χ0n) is 13.4. The van der Waals surface area contributed by atoms with Gasteiger partial charge in [-0.15, -0.1) is 23.5 Å². The molecule has 0 aromatic rings. The fourth-order valence-corrected chi connectivity index (χ4v) is 9.51. The fourth-order valence-electron chi connectivity index (χ4n) is 5.56. The molecule has 2 spiro atoms. The quantitative estimate of drug-likeness (QED) is 0.532. The molecule has 2 saturated heterocycles. The second kappa shape index (κ2) is 5.06. The third-order valence-corrected chi connectivity index (χ3v) is 10.2. The van der Waals surface area contributed by atoms with Gasteiger partial charge in [-0.05, 0) is 42.7 Å². The number of ether oxygens (including phenoxy) is 2. The van der Waals surface area contributed by atoms with E-state index in [0.717, 1.165) is 18.4 Å². The van der Waals surface area contributed by atoms with Gasteiger partial charge in [-0.1, -0.05) is 12.5 Å². The molecule has 3 nitrogen and oxygen atoms in total. The van der Waals surface area contributed by atoms with Crippen LogP contribution in [0.15, 0.2) is 22.8 Å². The summed E-state index contributed by atoms with van der Waals surface area (Å²) in [6.07, 6.45) is 9.04. The number of esters is 1.